The van der Waals surface area contributed by atoms with Crippen molar-refractivity contribution in [1.29, 1.82) is 0 Å². The molecular weight excluding hydrogens is 306 g/mol. The number of nitrogens with one attached hydrogen (secondary N) is 3. The number of carbonyl (C=O) groups excluding carboxylic acids is 2. The zero-order valence-corrected chi connectivity index (χ0v) is 14.2. The van der Waals surface area contributed by atoms with Crippen molar-refractivity contribution >= 4 is 23.0 Å². The van der Waals surface area contributed by atoms with Crippen LogP contribution in [0.25, 0.3) is 11.0 Å². The Kier molecular flexibility index (Phi) is 4.42. The first-order chi connectivity index (χ1) is 11.4. The van der Waals surface area contributed by atoms with Crippen molar-refractivity contribution in [3.63, 3.8) is 0 Å². The molecule has 3 N–H and O–H groups in total. The van der Waals surface area contributed by atoms with E-state index in [1.807, 2.05) is 39.0 Å². The molecule has 1 aliphatic rings. The number of benzene rings is 1. The van der Waals surface area contributed by atoms with E-state index in [4.69, 9.17) is 0 Å². The predicted octanol–water partition coefficient (Wildman–Crippen LogP) is 1.71. The Morgan fingerprint density at radius 2 is 2.17 bits per heavy atom. The van der Waals surface area contributed by atoms with Crippen LogP contribution in [0.2, 0.25) is 0 Å². The summed E-state index contributed by atoms with van der Waals surface area (Å²) >= 11 is 0. The van der Waals surface area contributed by atoms with Gasteiger partial charge in [0.1, 0.15) is 12.4 Å². The fourth-order valence-corrected chi connectivity index (χ4v) is 2.88. The summed E-state index contributed by atoms with van der Waals surface area (Å²) in [6.07, 6.45) is 0. The third kappa shape index (κ3) is 3.34. The monoisotopic (exact) mass is 329 g/mol. The van der Waals surface area contributed by atoms with Crippen LogP contribution in [-0.2, 0) is 4.79 Å². The molecule has 7 nitrogen and oxygen atoms in total. The molecule has 3 rings (SSSR count). The first-order valence-corrected chi connectivity index (χ1v) is 8.22. The van der Waals surface area contributed by atoms with Crippen molar-refractivity contribution in [1.82, 2.24) is 25.5 Å². The molecule has 0 radical (unpaired) electrons. The van der Waals surface area contributed by atoms with Crippen molar-refractivity contribution in [2.75, 3.05) is 19.6 Å². The van der Waals surface area contributed by atoms with Crippen LogP contribution in [0.15, 0.2) is 18.2 Å². The zero-order valence-electron chi connectivity index (χ0n) is 14.2. The van der Waals surface area contributed by atoms with Gasteiger partial charge in [0.25, 0.3) is 0 Å². The molecule has 2 aromatic rings. The largest absolute Gasteiger partial charge is 0.353 e. The summed E-state index contributed by atoms with van der Waals surface area (Å²) in [5.74, 6) is 0.770. The summed E-state index contributed by atoms with van der Waals surface area (Å²) in [4.78, 5) is 33.4. The van der Waals surface area contributed by atoms with Crippen LogP contribution in [0.5, 0.6) is 0 Å². The number of nitrogens with zero attached hydrogens (tertiary/aromatic N) is 2. The molecule has 0 bridgehead atoms. The van der Waals surface area contributed by atoms with Gasteiger partial charge in [-0.2, -0.15) is 0 Å². The minimum absolute atomic E-state index is 0.0932. The maximum atomic E-state index is 12.5. The quantitative estimate of drug-likeness (QED) is 0.801. The third-order valence-corrected chi connectivity index (χ3v) is 4.22. The molecule has 3 amide bonds. The van der Waals surface area contributed by atoms with Gasteiger partial charge in [-0.3, -0.25) is 4.79 Å². The fraction of sp³-hybridized carbons (Fsp3) is 0.471. The molecule has 2 heterocycles. The standard InChI is InChI=1S/C17H23N5O2/c1-10(2)15(21-17(24)22-7-6-18-14(23)9-22)16-19-12-5-4-11(3)8-13(12)20-16/h4-5,8,10,15H,6-7,9H2,1-3H3,(H,18,23)(H,19,20)(H,21,24)/t15-/m0/s1. The molecule has 1 aromatic heterocycles. The molecule has 128 valence electrons. The number of rotatable bonds is 3. The van der Waals surface area contributed by atoms with Gasteiger partial charge < -0.3 is 20.5 Å². The summed E-state index contributed by atoms with van der Waals surface area (Å²) in [6.45, 7) is 7.20. The lowest BCUT2D eigenvalue weighted by Gasteiger charge is -2.29. The van der Waals surface area contributed by atoms with Gasteiger partial charge >= 0.3 is 6.03 Å². The molecule has 24 heavy (non-hydrogen) atoms. The van der Waals surface area contributed by atoms with E-state index < -0.39 is 0 Å². The Morgan fingerprint density at radius 3 is 2.88 bits per heavy atom. The number of amides is 3. The number of aromatic amines is 1. The smallest absolute Gasteiger partial charge is 0.318 e. The number of carbonyl (C=O) groups is 2. The van der Waals surface area contributed by atoms with Crippen LogP contribution in [0.1, 0.15) is 31.3 Å². The van der Waals surface area contributed by atoms with E-state index in [0.29, 0.717) is 13.1 Å². The number of aryl methyl sites for hydroxylation is 1. The molecule has 7 heteroatoms. The third-order valence-electron chi connectivity index (χ3n) is 4.22. The van der Waals surface area contributed by atoms with Gasteiger partial charge in [-0.1, -0.05) is 19.9 Å². The van der Waals surface area contributed by atoms with Crippen molar-refractivity contribution < 1.29 is 9.59 Å². The van der Waals surface area contributed by atoms with Crippen LogP contribution in [0.3, 0.4) is 0 Å². The van der Waals surface area contributed by atoms with E-state index in [0.717, 1.165) is 22.4 Å². The molecule has 1 fully saturated rings. The summed E-state index contributed by atoms with van der Waals surface area (Å²) in [7, 11) is 0. The number of piperazine rings is 1. The van der Waals surface area contributed by atoms with Crippen molar-refractivity contribution in [3.05, 3.63) is 29.6 Å². The van der Waals surface area contributed by atoms with Crippen LogP contribution in [0.4, 0.5) is 4.79 Å². The predicted molar refractivity (Wildman–Crippen MR) is 91.5 cm³/mol. The Morgan fingerprint density at radius 1 is 1.38 bits per heavy atom. The number of urea groups is 1. The van der Waals surface area contributed by atoms with E-state index in [1.54, 1.807) is 0 Å². The highest BCUT2D eigenvalue weighted by atomic mass is 16.2. The average molecular weight is 329 g/mol. The minimum Gasteiger partial charge on any atom is -0.353 e. The van der Waals surface area contributed by atoms with Crippen LogP contribution in [0, 0.1) is 12.8 Å². The number of fused-ring (bicyclic) bond motifs is 1. The van der Waals surface area contributed by atoms with Crippen LogP contribution >= 0.6 is 0 Å². The first kappa shape index (κ1) is 16.3. The second-order valence-electron chi connectivity index (χ2n) is 6.59. The molecule has 0 unspecified atom stereocenters. The second kappa shape index (κ2) is 6.51. The van der Waals surface area contributed by atoms with E-state index in [9.17, 15) is 9.59 Å². The van der Waals surface area contributed by atoms with Crippen LogP contribution in [-0.4, -0.2) is 46.4 Å². The Hall–Kier alpha value is -2.57. The van der Waals surface area contributed by atoms with Gasteiger partial charge in [0.2, 0.25) is 5.91 Å². The first-order valence-electron chi connectivity index (χ1n) is 8.22. The summed E-state index contributed by atoms with van der Waals surface area (Å²) in [5.41, 5.74) is 3.00. The van der Waals surface area contributed by atoms with Crippen molar-refractivity contribution in [3.8, 4) is 0 Å². The highest BCUT2D eigenvalue weighted by molar-refractivity contribution is 5.85. The summed E-state index contributed by atoms with van der Waals surface area (Å²) < 4.78 is 0. The van der Waals surface area contributed by atoms with Gasteiger partial charge in [0, 0.05) is 13.1 Å². The molecular formula is C17H23N5O2. The molecule has 1 atom stereocenters. The van der Waals surface area contributed by atoms with Gasteiger partial charge in [0.05, 0.1) is 17.1 Å². The lowest BCUT2D eigenvalue weighted by Crippen LogP contribution is -2.53. The molecule has 0 aliphatic carbocycles. The summed E-state index contributed by atoms with van der Waals surface area (Å²) in [6, 6.07) is 5.55. The van der Waals surface area contributed by atoms with Crippen LogP contribution < -0.4 is 10.6 Å². The highest BCUT2D eigenvalue weighted by Gasteiger charge is 2.27. The SMILES string of the molecule is Cc1ccc2nc([C@@H](NC(=O)N3CCNC(=O)C3)C(C)C)[nH]c2c1. The zero-order chi connectivity index (χ0) is 17.3. The fourth-order valence-electron chi connectivity index (χ4n) is 2.88. The maximum Gasteiger partial charge on any atom is 0.318 e. The number of H-pyrrole nitrogens is 1. The van der Waals surface area contributed by atoms with E-state index in [1.165, 1.54) is 4.90 Å². The van der Waals surface area contributed by atoms with E-state index in [2.05, 4.69) is 20.6 Å². The van der Waals surface area contributed by atoms with Gasteiger partial charge in [-0.15, -0.1) is 0 Å². The Bertz CT molecular complexity index is 767. The minimum atomic E-state index is -0.241. The topological polar surface area (TPSA) is 90.1 Å². The highest BCUT2D eigenvalue weighted by Crippen LogP contribution is 2.23. The number of aromatic nitrogens is 2. The Balaban J connectivity index is 1.80. The summed E-state index contributed by atoms with van der Waals surface area (Å²) in [5, 5.41) is 5.73. The number of hydrogen-bond donors (Lipinski definition) is 3. The van der Waals surface area contributed by atoms with Gasteiger partial charge in [-0.05, 0) is 30.5 Å². The Labute approximate surface area is 140 Å². The van der Waals surface area contributed by atoms with Crippen molar-refractivity contribution in [2.24, 2.45) is 5.92 Å². The average Bonchev–Trinajstić information content (AvgIpc) is 2.94. The molecule has 0 saturated carbocycles. The normalized spacial score (nSPS) is 16.3. The van der Waals surface area contributed by atoms with Crippen molar-refractivity contribution in [2.45, 2.75) is 26.8 Å². The van der Waals surface area contributed by atoms with E-state index in [-0.39, 0.29) is 30.4 Å². The number of hydrogen-bond acceptors (Lipinski definition) is 3. The molecule has 0 spiro atoms. The molecule has 1 aliphatic heterocycles. The molecule has 1 aromatic carbocycles. The number of imidazole rings is 1. The lowest BCUT2D eigenvalue weighted by atomic mass is 10.0. The molecule has 1 saturated heterocycles. The lowest BCUT2D eigenvalue weighted by molar-refractivity contribution is -0.123. The second-order valence-corrected chi connectivity index (χ2v) is 6.59. The van der Waals surface area contributed by atoms with Gasteiger partial charge in [-0.25, -0.2) is 9.78 Å². The van der Waals surface area contributed by atoms with E-state index >= 15 is 0 Å². The van der Waals surface area contributed by atoms with Gasteiger partial charge in [0.15, 0.2) is 0 Å². The maximum absolute atomic E-state index is 12.5.